The van der Waals surface area contributed by atoms with E-state index in [2.05, 4.69) is 6.92 Å². The second kappa shape index (κ2) is 22.3. The molecule has 1 saturated heterocycles. The molecule has 7 atom stereocenters. The minimum absolute atomic E-state index is 0.0552. The van der Waals surface area contributed by atoms with Crippen LogP contribution in [-0.2, 0) is 14.3 Å². The molecule has 2 heterocycles. The second-order valence-electron chi connectivity index (χ2n) is 12.8. The summed E-state index contributed by atoms with van der Waals surface area (Å²) in [5.74, 6) is -0.275. The van der Waals surface area contributed by atoms with Crippen LogP contribution in [0.4, 0.5) is 0 Å². The molecule has 7 nitrogen and oxygen atoms in total. The number of aliphatic hydroxyl groups is 4. The Labute approximate surface area is 255 Å². The number of ether oxygens (including phenoxy) is 2. The third kappa shape index (κ3) is 16.0. The molecule has 1 fully saturated rings. The Hall–Kier alpha value is -1.25. The van der Waals surface area contributed by atoms with Crippen molar-refractivity contribution in [3.05, 3.63) is 23.8 Å². The molecule has 2 rings (SSSR count). The van der Waals surface area contributed by atoms with Crippen molar-refractivity contribution in [3.8, 4) is 0 Å². The van der Waals surface area contributed by atoms with Gasteiger partial charge in [-0.2, -0.15) is 0 Å². The lowest BCUT2D eigenvalue weighted by atomic mass is 10.0. The van der Waals surface area contributed by atoms with E-state index in [1.165, 1.54) is 51.4 Å². The van der Waals surface area contributed by atoms with E-state index in [0.717, 1.165) is 57.8 Å². The third-order valence-electron chi connectivity index (χ3n) is 8.80. The smallest absolute Gasteiger partial charge is 0.334 e. The van der Waals surface area contributed by atoms with Gasteiger partial charge in [0.1, 0.15) is 6.10 Å². The summed E-state index contributed by atoms with van der Waals surface area (Å²) in [5.41, 5.74) is 0.624. The summed E-state index contributed by atoms with van der Waals surface area (Å²) >= 11 is 0. The first-order valence-electron chi connectivity index (χ1n) is 17.2. The fourth-order valence-electron chi connectivity index (χ4n) is 6.10. The normalized spacial score (nSPS) is 23.7. The zero-order valence-corrected chi connectivity index (χ0v) is 26.6. The maximum absolute atomic E-state index is 11.6. The lowest BCUT2D eigenvalue weighted by molar-refractivity contribution is -0.139. The highest BCUT2D eigenvalue weighted by molar-refractivity contribution is 5.90. The fraction of sp³-hybridized carbons (Fsp3) is 0.857. The Bertz CT molecular complexity index is 766. The Balaban J connectivity index is 1.36. The quantitative estimate of drug-likeness (QED) is 0.0520. The predicted octanol–water partition coefficient (Wildman–Crippen LogP) is 6.84. The van der Waals surface area contributed by atoms with Crippen LogP contribution in [0.5, 0.6) is 0 Å². The van der Waals surface area contributed by atoms with Crippen LogP contribution in [-0.4, -0.2) is 69.1 Å². The average Bonchev–Trinajstić information content (AvgIpc) is 3.57. The van der Waals surface area contributed by atoms with Crippen molar-refractivity contribution in [2.45, 2.75) is 191 Å². The first-order chi connectivity index (χ1) is 20.3. The van der Waals surface area contributed by atoms with Gasteiger partial charge in [-0.1, -0.05) is 96.1 Å². The number of esters is 1. The van der Waals surface area contributed by atoms with Crippen molar-refractivity contribution < 1.29 is 34.7 Å². The largest absolute Gasteiger partial charge is 0.455 e. The van der Waals surface area contributed by atoms with Crippen LogP contribution in [0.1, 0.15) is 149 Å². The van der Waals surface area contributed by atoms with Crippen LogP contribution in [0.25, 0.3) is 0 Å². The van der Waals surface area contributed by atoms with E-state index in [1.807, 2.05) is 25.2 Å². The zero-order valence-electron chi connectivity index (χ0n) is 26.6. The van der Waals surface area contributed by atoms with Gasteiger partial charge >= 0.3 is 5.97 Å². The molecule has 0 aromatic rings. The molecule has 42 heavy (non-hydrogen) atoms. The molecule has 0 spiro atoms. The molecule has 0 radical (unpaired) electrons. The van der Waals surface area contributed by atoms with E-state index in [1.54, 1.807) is 0 Å². The van der Waals surface area contributed by atoms with Crippen molar-refractivity contribution in [1.29, 1.82) is 0 Å². The summed E-state index contributed by atoms with van der Waals surface area (Å²) < 4.78 is 11.2. The summed E-state index contributed by atoms with van der Waals surface area (Å²) in [4.78, 5) is 11.6. The zero-order chi connectivity index (χ0) is 30.6. The Morgan fingerprint density at radius 2 is 1.50 bits per heavy atom. The van der Waals surface area contributed by atoms with Crippen LogP contribution in [0.3, 0.4) is 0 Å². The van der Waals surface area contributed by atoms with Gasteiger partial charge < -0.3 is 29.9 Å². The van der Waals surface area contributed by atoms with Gasteiger partial charge in [0.25, 0.3) is 0 Å². The molecule has 0 aromatic heterocycles. The van der Waals surface area contributed by atoms with Gasteiger partial charge in [0, 0.05) is 12.0 Å². The highest BCUT2D eigenvalue weighted by Gasteiger charge is 2.30. The van der Waals surface area contributed by atoms with Crippen molar-refractivity contribution >= 4 is 5.97 Å². The topological polar surface area (TPSA) is 116 Å². The fourth-order valence-corrected chi connectivity index (χ4v) is 6.10. The van der Waals surface area contributed by atoms with E-state index >= 15 is 0 Å². The standard InChI is InChI=1S/C35H62O7/c1-3-4-20-31(37)32(38)21-16-13-17-22-33(39)34-24-23-30(42-34)19-15-12-10-8-6-5-7-9-11-14-18-29(36)26-28-25-27(2)41-35(28)40/h13,16,25,27,29-34,36-39H,3-12,14-15,17-24,26H2,1-2H3/b16-13-. The minimum Gasteiger partial charge on any atom is -0.455 e. The number of cyclic esters (lactones) is 1. The number of rotatable bonds is 25. The summed E-state index contributed by atoms with van der Waals surface area (Å²) in [6, 6.07) is 0. The highest BCUT2D eigenvalue weighted by Crippen LogP contribution is 2.28. The van der Waals surface area contributed by atoms with Crippen molar-refractivity contribution in [1.82, 2.24) is 0 Å². The van der Waals surface area contributed by atoms with E-state index < -0.39 is 24.4 Å². The molecule has 0 amide bonds. The molecule has 244 valence electrons. The number of allylic oxidation sites excluding steroid dienone is 1. The van der Waals surface area contributed by atoms with Crippen LogP contribution in [0.15, 0.2) is 23.8 Å². The Morgan fingerprint density at radius 1 is 0.833 bits per heavy atom. The van der Waals surface area contributed by atoms with E-state index in [4.69, 9.17) is 9.47 Å². The molecule has 4 N–H and O–H groups in total. The van der Waals surface area contributed by atoms with Crippen molar-refractivity contribution in [2.75, 3.05) is 0 Å². The first kappa shape index (κ1) is 36.9. The average molecular weight is 595 g/mol. The maximum Gasteiger partial charge on any atom is 0.334 e. The summed E-state index contributed by atoms with van der Waals surface area (Å²) in [7, 11) is 0. The Morgan fingerprint density at radius 3 is 2.14 bits per heavy atom. The van der Waals surface area contributed by atoms with Gasteiger partial charge in [-0.05, 0) is 64.4 Å². The van der Waals surface area contributed by atoms with E-state index in [-0.39, 0.29) is 24.3 Å². The van der Waals surface area contributed by atoms with Gasteiger partial charge in [0.15, 0.2) is 0 Å². The summed E-state index contributed by atoms with van der Waals surface area (Å²) in [6.07, 6.45) is 24.4. The molecular weight excluding hydrogens is 532 g/mol. The van der Waals surface area contributed by atoms with Gasteiger partial charge in [-0.25, -0.2) is 4.79 Å². The SMILES string of the molecule is CCCCC(O)C(O)C/C=C\CCC(O)C1CCC(CCCCCCCCCCCCC(O)CC2=CC(C)OC2=O)O1. The number of carbonyl (C=O) groups is 1. The molecule has 0 aliphatic carbocycles. The Kier molecular flexibility index (Phi) is 19.6. The van der Waals surface area contributed by atoms with Crippen LogP contribution < -0.4 is 0 Å². The van der Waals surface area contributed by atoms with Gasteiger partial charge in [0.05, 0.1) is 36.6 Å². The summed E-state index contributed by atoms with van der Waals surface area (Å²) in [6.45, 7) is 3.91. The van der Waals surface area contributed by atoms with E-state index in [0.29, 0.717) is 31.3 Å². The maximum atomic E-state index is 11.6. The van der Waals surface area contributed by atoms with Crippen LogP contribution in [0.2, 0.25) is 0 Å². The molecule has 7 heteroatoms. The van der Waals surface area contributed by atoms with Gasteiger partial charge in [-0.3, -0.25) is 0 Å². The third-order valence-corrected chi connectivity index (χ3v) is 8.80. The first-order valence-corrected chi connectivity index (χ1v) is 17.2. The molecule has 7 unspecified atom stereocenters. The second-order valence-corrected chi connectivity index (χ2v) is 12.8. The van der Waals surface area contributed by atoms with Crippen LogP contribution >= 0.6 is 0 Å². The number of hydrogen-bond acceptors (Lipinski definition) is 7. The van der Waals surface area contributed by atoms with E-state index in [9.17, 15) is 25.2 Å². The molecule has 0 aromatic carbocycles. The summed E-state index contributed by atoms with van der Waals surface area (Å²) in [5, 5.41) is 40.6. The molecule has 0 saturated carbocycles. The highest BCUT2D eigenvalue weighted by atomic mass is 16.5. The van der Waals surface area contributed by atoms with Gasteiger partial charge in [-0.15, -0.1) is 0 Å². The molecular formula is C35H62O7. The van der Waals surface area contributed by atoms with Crippen molar-refractivity contribution in [3.63, 3.8) is 0 Å². The predicted molar refractivity (Wildman–Crippen MR) is 168 cm³/mol. The van der Waals surface area contributed by atoms with Crippen LogP contribution in [0, 0.1) is 0 Å². The van der Waals surface area contributed by atoms with Gasteiger partial charge in [0.2, 0.25) is 0 Å². The van der Waals surface area contributed by atoms with Crippen molar-refractivity contribution in [2.24, 2.45) is 0 Å². The lowest BCUT2D eigenvalue weighted by Crippen LogP contribution is -2.26. The molecule has 0 bridgehead atoms. The number of aliphatic hydroxyl groups excluding tert-OH is 4. The number of hydrogen-bond donors (Lipinski definition) is 4. The minimum atomic E-state index is -0.709. The number of unbranched alkanes of at least 4 members (excludes halogenated alkanes) is 10. The molecule has 2 aliphatic heterocycles. The lowest BCUT2D eigenvalue weighted by Gasteiger charge is -2.19. The monoisotopic (exact) mass is 594 g/mol. The molecule has 2 aliphatic rings. The number of carbonyl (C=O) groups excluding carboxylic acids is 1.